The van der Waals surface area contributed by atoms with E-state index >= 15 is 0 Å². The van der Waals surface area contributed by atoms with Crippen LogP contribution in [0.15, 0.2) is 64.7 Å². The fraction of sp³-hybridized carbons (Fsp3) is 0.211. The van der Waals surface area contributed by atoms with Crippen LogP contribution >= 0.6 is 30.7 Å². The first-order valence-corrected chi connectivity index (χ1v) is 11.7. The van der Waals surface area contributed by atoms with Crippen LogP contribution in [0.1, 0.15) is 5.56 Å². The highest BCUT2D eigenvalue weighted by Gasteiger charge is 2.43. The minimum Gasteiger partial charge on any atom is -0.507 e. The number of benzene rings is 1. The maximum absolute atomic E-state index is 12.7. The van der Waals surface area contributed by atoms with E-state index < -0.39 is 18.9 Å². The summed E-state index contributed by atoms with van der Waals surface area (Å²) in [7, 11) is -3.76. The molecule has 1 heterocycles. The number of carbonyl (C=O) groups is 1. The van der Waals surface area contributed by atoms with Crippen molar-refractivity contribution in [3.63, 3.8) is 0 Å². The molecule has 0 radical (unpaired) electrons. The Kier molecular flexibility index (Phi) is 6.02. The van der Waals surface area contributed by atoms with Gasteiger partial charge in [0.15, 0.2) is 0 Å². The predicted molar refractivity (Wildman–Crippen MR) is 111 cm³/mol. The van der Waals surface area contributed by atoms with Crippen molar-refractivity contribution < 1.29 is 19.4 Å². The molecule has 2 aliphatic rings. The number of phenols is 1. The molecule has 4 atom stereocenters. The molecule has 3 N–H and O–H groups in total. The van der Waals surface area contributed by atoms with E-state index in [1.807, 2.05) is 12.2 Å². The van der Waals surface area contributed by atoms with E-state index in [9.17, 15) is 19.4 Å². The average molecular weight is 424 g/mol. The van der Waals surface area contributed by atoms with E-state index in [2.05, 4.69) is 5.32 Å². The molecule has 0 saturated carbocycles. The van der Waals surface area contributed by atoms with E-state index in [0.717, 1.165) is 0 Å². The molecule has 1 aromatic carbocycles. The van der Waals surface area contributed by atoms with E-state index in [4.69, 9.17) is 11.6 Å². The van der Waals surface area contributed by atoms with Gasteiger partial charge in [-0.3, -0.25) is 9.36 Å². The van der Waals surface area contributed by atoms with E-state index in [1.165, 1.54) is 36.8 Å². The number of thioether (sulfide) groups is 1. The smallest absolute Gasteiger partial charge is 0.240 e. The standard InChI is InChI=1S/C19H19ClNO4PS/c1-26(24,25)18(15-11-27-17-7-6-13(20)10-14(15)17)19(23)21-9-8-12-4-2-3-5-16(12)22/h2-11,14,17-18,22H,1H3,(H,21,23)(H,24,25)/b9-8+. The lowest BCUT2D eigenvalue weighted by Crippen LogP contribution is -2.35. The van der Waals surface area contributed by atoms with Crippen molar-refractivity contribution >= 4 is 42.7 Å². The van der Waals surface area contributed by atoms with Gasteiger partial charge in [0.05, 0.1) is 0 Å². The molecule has 0 fully saturated rings. The Balaban J connectivity index is 1.80. The van der Waals surface area contributed by atoms with Crippen molar-refractivity contribution in [1.82, 2.24) is 5.32 Å². The largest absolute Gasteiger partial charge is 0.507 e. The Bertz CT molecular complexity index is 918. The molecule has 1 aliphatic carbocycles. The third-order valence-corrected chi connectivity index (χ3v) is 7.27. The molecule has 1 amide bonds. The Morgan fingerprint density at radius 1 is 1.41 bits per heavy atom. The third-order valence-electron chi connectivity index (χ3n) is 4.35. The van der Waals surface area contributed by atoms with Gasteiger partial charge in [0.2, 0.25) is 13.3 Å². The number of hydrogen-bond acceptors (Lipinski definition) is 4. The van der Waals surface area contributed by atoms with Gasteiger partial charge in [-0.1, -0.05) is 42.0 Å². The lowest BCUT2D eigenvalue weighted by atomic mass is 9.90. The normalized spacial score (nSPS) is 24.7. The van der Waals surface area contributed by atoms with Gasteiger partial charge >= 0.3 is 0 Å². The van der Waals surface area contributed by atoms with E-state index in [-0.39, 0.29) is 16.9 Å². The Morgan fingerprint density at radius 3 is 2.85 bits per heavy atom. The number of nitrogens with one attached hydrogen (secondary N) is 1. The highest BCUT2D eigenvalue weighted by Crippen LogP contribution is 2.53. The third kappa shape index (κ3) is 4.58. The molecule has 0 spiro atoms. The number of aromatic hydroxyl groups is 1. The molecule has 8 heteroatoms. The first-order valence-electron chi connectivity index (χ1n) is 8.23. The number of allylic oxidation sites excluding steroid dienone is 3. The van der Waals surface area contributed by atoms with Gasteiger partial charge in [-0.15, -0.1) is 11.8 Å². The first kappa shape index (κ1) is 20.0. The zero-order valence-electron chi connectivity index (χ0n) is 14.4. The molecule has 3 rings (SSSR count). The van der Waals surface area contributed by atoms with Gasteiger partial charge in [0.25, 0.3) is 0 Å². The molecule has 0 bridgehead atoms. The summed E-state index contributed by atoms with van der Waals surface area (Å²) in [6, 6.07) is 6.67. The van der Waals surface area contributed by atoms with E-state index in [0.29, 0.717) is 16.2 Å². The fourth-order valence-electron chi connectivity index (χ4n) is 3.09. The molecule has 1 aliphatic heterocycles. The van der Waals surface area contributed by atoms with Crippen LogP contribution in [0.4, 0.5) is 0 Å². The summed E-state index contributed by atoms with van der Waals surface area (Å²) in [6.07, 6.45) is 8.44. The van der Waals surface area contributed by atoms with Crippen molar-refractivity contribution in [1.29, 1.82) is 0 Å². The quantitative estimate of drug-likeness (QED) is 0.622. The molecule has 0 aromatic heterocycles. The summed E-state index contributed by atoms with van der Waals surface area (Å²) in [5, 5.41) is 14.7. The Labute approximate surface area is 167 Å². The van der Waals surface area contributed by atoms with Crippen LogP contribution < -0.4 is 5.32 Å². The predicted octanol–water partition coefficient (Wildman–Crippen LogP) is 4.06. The molecule has 0 saturated heterocycles. The molecule has 27 heavy (non-hydrogen) atoms. The van der Waals surface area contributed by atoms with Crippen molar-refractivity contribution in [3.8, 4) is 5.75 Å². The van der Waals surface area contributed by atoms with Crippen molar-refractivity contribution in [2.24, 2.45) is 5.92 Å². The van der Waals surface area contributed by atoms with Gasteiger partial charge in [-0.05, 0) is 29.2 Å². The van der Waals surface area contributed by atoms with Gasteiger partial charge in [0.1, 0.15) is 11.4 Å². The molecule has 4 unspecified atom stereocenters. The lowest BCUT2D eigenvalue weighted by Gasteiger charge is -2.26. The highest BCUT2D eigenvalue weighted by atomic mass is 35.5. The van der Waals surface area contributed by atoms with Crippen molar-refractivity contribution in [2.75, 3.05) is 6.66 Å². The number of hydrogen-bond donors (Lipinski definition) is 3. The Morgan fingerprint density at radius 2 is 2.15 bits per heavy atom. The maximum Gasteiger partial charge on any atom is 0.240 e. The number of fused-ring (bicyclic) bond motifs is 1. The van der Waals surface area contributed by atoms with Crippen LogP contribution in [-0.2, 0) is 9.36 Å². The van der Waals surface area contributed by atoms with Crippen LogP contribution in [0.5, 0.6) is 5.75 Å². The topological polar surface area (TPSA) is 86.6 Å². The van der Waals surface area contributed by atoms with Crippen molar-refractivity contribution in [3.05, 3.63) is 70.3 Å². The minimum absolute atomic E-state index is 0.0705. The molecule has 142 valence electrons. The first-order chi connectivity index (χ1) is 12.8. The molecule has 1 aromatic rings. The van der Waals surface area contributed by atoms with Crippen LogP contribution in [0.2, 0.25) is 0 Å². The second-order valence-corrected chi connectivity index (χ2v) is 10.3. The van der Waals surface area contributed by atoms with Crippen LogP contribution in [-0.4, -0.2) is 33.5 Å². The minimum atomic E-state index is -3.76. The number of phenolic OH excluding ortho intramolecular Hbond substituents is 1. The fourth-order valence-corrected chi connectivity index (χ4v) is 5.89. The van der Waals surface area contributed by atoms with Gasteiger partial charge in [-0.25, -0.2) is 0 Å². The number of halogens is 1. The zero-order valence-corrected chi connectivity index (χ0v) is 16.9. The van der Waals surface area contributed by atoms with Gasteiger partial charge in [0, 0.05) is 34.6 Å². The molecule has 5 nitrogen and oxygen atoms in total. The van der Waals surface area contributed by atoms with Crippen molar-refractivity contribution in [2.45, 2.75) is 10.9 Å². The number of para-hydroxylation sites is 1. The Hall–Kier alpha value is -1.72. The molecular weight excluding hydrogens is 405 g/mol. The number of rotatable bonds is 5. The summed E-state index contributed by atoms with van der Waals surface area (Å²) < 4.78 is 12.5. The summed E-state index contributed by atoms with van der Waals surface area (Å²) in [4.78, 5) is 23.0. The highest BCUT2D eigenvalue weighted by molar-refractivity contribution is 8.03. The van der Waals surface area contributed by atoms with Crippen LogP contribution in [0.3, 0.4) is 0 Å². The summed E-state index contributed by atoms with van der Waals surface area (Å²) in [5.41, 5.74) is -0.0450. The maximum atomic E-state index is 12.7. The second-order valence-electron chi connectivity index (χ2n) is 6.40. The average Bonchev–Trinajstić information content (AvgIpc) is 2.98. The number of carbonyl (C=O) groups excluding carboxylic acids is 1. The SMILES string of the molecule is CP(=O)(O)C(C(=O)N/C=C/c1ccccc1O)C1=CSC2C=CC(Cl)=CC12. The second kappa shape index (κ2) is 8.11. The van der Waals surface area contributed by atoms with Gasteiger partial charge in [-0.2, -0.15) is 0 Å². The lowest BCUT2D eigenvalue weighted by molar-refractivity contribution is -0.119. The monoisotopic (exact) mass is 423 g/mol. The van der Waals surface area contributed by atoms with E-state index in [1.54, 1.807) is 29.7 Å². The summed E-state index contributed by atoms with van der Waals surface area (Å²) in [5.74, 6) is -0.679. The van der Waals surface area contributed by atoms with Crippen LogP contribution in [0.25, 0.3) is 6.08 Å². The molecular formula is C19H19ClNO4PS. The zero-order chi connectivity index (χ0) is 19.6. The number of amides is 1. The summed E-state index contributed by atoms with van der Waals surface area (Å²) >= 11 is 7.59. The van der Waals surface area contributed by atoms with Crippen LogP contribution in [0, 0.1) is 5.92 Å². The summed E-state index contributed by atoms with van der Waals surface area (Å²) in [6.45, 7) is 1.19. The van der Waals surface area contributed by atoms with Gasteiger partial charge < -0.3 is 15.3 Å².